The van der Waals surface area contributed by atoms with Crippen LogP contribution in [-0.4, -0.2) is 18.6 Å². The van der Waals surface area contributed by atoms with E-state index >= 15 is 0 Å². The molecule has 0 amide bonds. The van der Waals surface area contributed by atoms with E-state index < -0.39 is 5.82 Å². The van der Waals surface area contributed by atoms with E-state index in [0.717, 1.165) is 0 Å². The molecule has 1 aromatic heterocycles. The number of hydrogen-bond donors (Lipinski definition) is 1. The topological polar surface area (TPSA) is 57.4 Å². The summed E-state index contributed by atoms with van der Waals surface area (Å²) in [6, 6.07) is 9.88. The lowest BCUT2D eigenvalue weighted by Gasteiger charge is -2.07. The van der Waals surface area contributed by atoms with Gasteiger partial charge >= 0.3 is 0 Å². The number of ether oxygens (including phenoxy) is 2. The van der Waals surface area contributed by atoms with Crippen molar-refractivity contribution in [2.45, 2.75) is 6.61 Å². The molecule has 0 radical (unpaired) electrons. The normalized spacial score (nSPS) is 9.67. The Bertz CT molecular complexity index is 677. The minimum atomic E-state index is -0.438. The molecule has 2 rings (SSSR count). The number of rotatable bonds is 4. The smallest absolute Gasteiger partial charge is 0.213 e. The standard InChI is InChI=1S/C16H15FN2O2/c1-20-16-6-2-5-13(19-16)11-21-14-8-7-12(4-3-9-18)15(17)10-14/h2,5-8,10H,9,11,18H2,1H3. The Kier molecular flexibility index (Phi) is 5.13. The van der Waals surface area contributed by atoms with Crippen LogP contribution < -0.4 is 15.2 Å². The molecular formula is C16H15FN2O2. The van der Waals surface area contributed by atoms with Gasteiger partial charge in [-0.05, 0) is 18.2 Å². The summed E-state index contributed by atoms with van der Waals surface area (Å²) in [6.07, 6.45) is 0. The molecule has 1 aromatic carbocycles. The molecule has 0 aliphatic carbocycles. The Balaban J connectivity index is 2.04. The molecule has 2 N–H and O–H groups in total. The molecule has 21 heavy (non-hydrogen) atoms. The van der Waals surface area contributed by atoms with Crippen LogP contribution in [0.2, 0.25) is 0 Å². The van der Waals surface area contributed by atoms with Crippen molar-refractivity contribution >= 4 is 0 Å². The molecule has 5 heteroatoms. The number of nitrogens with two attached hydrogens (primary N) is 1. The van der Waals surface area contributed by atoms with Gasteiger partial charge in [0.1, 0.15) is 18.2 Å². The van der Waals surface area contributed by atoms with E-state index in [1.54, 1.807) is 31.4 Å². The van der Waals surface area contributed by atoms with E-state index in [2.05, 4.69) is 16.8 Å². The van der Waals surface area contributed by atoms with Gasteiger partial charge in [-0.15, -0.1) is 0 Å². The van der Waals surface area contributed by atoms with Crippen molar-refractivity contribution in [3.8, 4) is 23.5 Å². The van der Waals surface area contributed by atoms with E-state index in [4.69, 9.17) is 15.2 Å². The van der Waals surface area contributed by atoms with E-state index in [0.29, 0.717) is 22.9 Å². The lowest BCUT2D eigenvalue weighted by Crippen LogP contribution is -2.00. The fourth-order valence-corrected chi connectivity index (χ4v) is 1.64. The summed E-state index contributed by atoms with van der Waals surface area (Å²) in [5, 5.41) is 0. The molecule has 108 valence electrons. The summed E-state index contributed by atoms with van der Waals surface area (Å²) in [7, 11) is 1.55. The van der Waals surface area contributed by atoms with Crippen molar-refractivity contribution in [2.24, 2.45) is 5.73 Å². The fourth-order valence-electron chi connectivity index (χ4n) is 1.64. The molecule has 4 nitrogen and oxygen atoms in total. The first-order valence-corrected chi connectivity index (χ1v) is 6.34. The molecular weight excluding hydrogens is 271 g/mol. The molecule has 1 heterocycles. The molecule has 0 saturated carbocycles. The molecule has 0 spiro atoms. The van der Waals surface area contributed by atoms with Gasteiger partial charge < -0.3 is 15.2 Å². The minimum Gasteiger partial charge on any atom is -0.487 e. The van der Waals surface area contributed by atoms with Gasteiger partial charge in [0.2, 0.25) is 5.88 Å². The van der Waals surface area contributed by atoms with Crippen LogP contribution in [-0.2, 0) is 6.61 Å². The second-order valence-electron chi connectivity index (χ2n) is 4.11. The highest BCUT2D eigenvalue weighted by atomic mass is 19.1. The lowest BCUT2D eigenvalue weighted by molar-refractivity contribution is 0.296. The zero-order valence-corrected chi connectivity index (χ0v) is 11.6. The minimum absolute atomic E-state index is 0.194. The predicted octanol–water partition coefficient (Wildman–Crippen LogP) is 2.12. The van der Waals surface area contributed by atoms with Crippen LogP contribution >= 0.6 is 0 Å². The van der Waals surface area contributed by atoms with Crippen LogP contribution in [0.15, 0.2) is 36.4 Å². The third kappa shape index (κ3) is 4.20. The summed E-state index contributed by atoms with van der Waals surface area (Å²) in [5.41, 5.74) is 6.25. The zero-order valence-electron chi connectivity index (χ0n) is 11.6. The van der Waals surface area contributed by atoms with Gasteiger partial charge in [-0.3, -0.25) is 0 Å². The molecule has 0 saturated heterocycles. The maximum Gasteiger partial charge on any atom is 0.213 e. The zero-order chi connectivity index (χ0) is 15.1. The maximum absolute atomic E-state index is 13.8. The Morgan fingerprint density at radius 2 is 2.14 bits per heavy atom. The average molecular weight is 286 g/mol. The fraction of sp³-hybridized carbons (Fsp3) is 0.188. The first kappa shape index (κ1) is 14.8. The summed E-state index contributed by atoms with van der Waals surface area (Å²) >= 11 is 0. The largest absolute Gasteiger partial charge is 0.487 e. The quantitative estimate of drug-likeness (QED) is 0.875. The van der Waals surface area contributed by atoms with Gasteiger partial charge in [0.05, 0.1) is 24.9 Å². The van der Waals surface area contributed by atoms with Gasteiger partial charge in [0, 0.05) is 12.1 Å². The Morgan fingerprint density at radius 1 is 1.29 bits per heavy atom. The highest BCUT2D eigenvalue weighted by Crippen LogP contribution is 2.17. The third-order valence-electron chi connectivity index (χ3n) is 2.64. The highest BCUT2D eigenvalue weighted by molar-refractivity contribution is 5.39. The van der Waals surface area contributed by atoms with Crippen molar-refractivity contribution in [1.82, 2.24) is 4.98 Å². The van der Waals surface area contributed by atoms with Crippen molar-refractivity contribution in [2.75, 3.05) is 13.7 Å². The Labute approximate surface area is 122 Å². The van der Waals surface area contributed by atoms with Crippen LogP contribution in [0, 0.1) is 17.7 Å². The van der Waals surface area contributed by atoms with Crippen molar-refractivity contribution in [3.05, 3.63) is 53.5 Å². The number of pyridine rings is 1. The monoisotopic (exact) mass is 286 g/mol. The van der Waals surface area contributed by atoms with Crippen LogP contribution in [0.25, 0.3) is 0 Å². The van der Waals surface area contributed by atoms with Gasteiger partial charge in [0.25, 0.3) is 0 Å². The lowest BCUT2D eigenvalue weighted by atomic mass is 10.2. The molecule has 2 aromatic rings. The molecule has 0 unspecified atom stereocenters. The average Bonchev–Trinajstić information content (AvgIpc) is 2.52. The Morgan fingerprint density at radius 3 is 2.86 bits per heavy atom. The van der Waals surface area contributed by atoms with Crippen LogP contribution in [0.5, 0.6) is 11.6 Å². The SMILES string of the molecule is COc1cccc(COc2ccc(C#CCN)c(F)c2)n1. The molecule has 0 aliphatic rings. The van der Waals surface area contributed by atoms with Crippen molar-refractivity contribution in [1.29, 1.82) is 0 Å². The number of methoxy groups -OCH3 is 1. The van der Waals surface area contributed by atoms with Crippen molar-refractivity contribution in [3.63, 3.8) is 0 Å². The number of benzene rings is 1. The summed E-state index contributed by atoms with van der Waals surface area (Å²) in [4.78, 5) is 4.21. The van der Waals surface area contributed by atoms with E-state index in [-0.39, 0.29) is 13.2 Å². The van der Waals surface area contributed by atoms with Crippen LogP contribution in [0.1, 0.15) is 11.3 Å². The van der Waals surface area contributed by atoms with Gasteiger partial charge in [-0.25, -0.2) is 9.37 Å². The van der Waals surface area contributed by atoms with Gasteiger partial charge in [-0.2, -0.15) is 0 Å². The first-order chi connectivity index (χ1) is 10.2. The molecule has 0 aliphatic heterocycles. The highest BCUT2D eigenvalue weighted by Gasteiger charge is 2.04. The maximum atomic E-state index is 13.8. The van der Waals surface area contributed by atoms with E-state index in [9.17, 15) is 4.39 Å². The first-order valence-electron chi connectivity index (χ1n) is 6.34. The molecule has 0 fully saturated rings. The second-order valence-corrected chi connectivity index (χ2v) is 4.11. The molecule has 0 bridgehead atoms. The van der Waals surface area contributed by atoms with Gasteiger partial charge in [-0.1, -0.05) is 17.9 Å². The Hall–Kier alpha value is -2.58. The van der Waals surface area contributed by atoms with E-state index in [1.165, 1.54) is 6.07 Å². The number of halogens is 1. The van der Waals surface area contributed by atoms with Crippen LogP contribution in [0.3, 0.4) is 0 Å². The number of nitrogens with zero attached hydrogens (tertiary/aromatic N) is 1. The van der Waals surface area contributed by atoms with Gasteiger partial charge in [0.15, 0.2) is 0 Å². The summed E-state index contributed by atoms with van der Waals surface area (Å²) < 4.78 is 24.3. The van der Waals surface area contributed by atoms with E-state index in [1.807, 2.05) is 6.07 Å². The number of hydrogen-bond acceptors (Lipinski definition) is 4. The predicted molar refractivity (Wildman–Crippen MR) is 77.5 cm³/mol. The number of aromatic nitrogens is 1. The third-order valence-corrected chi connectivity index (χ3v) is 2.64. The summed E-state index contributed by atoms with van der Waals surface area (Å²) in [5.74, 6) is 5.75. The second kappa shape index (κ2) is 7.27. The van der Waals surface area contributed by atoms with Crippen molar-refractivity contribution < 1.29 is 13.9 Å². The summed E-state index contributed by atoms with van der Waals surface area (Å²) in [6.45, 7) is 0.420. The van der Waals surface area contributed by atoms with Crippen LogP contribution in [0.4, 0.5) is 4.39 Å². The molecule has 0 atom stereocenters.